The average molecular weight is 341 g/mol. The number of nitrogens with one attached hydrogen (secondary N) is 1. The third kappa shape index (κ3) is 5.75. The highest BCUT2D eigenvalue weighted by molar-refractivity contribution is 6.43. The van der Waals surface area contributed by atoms with Gasteiger partial charge in [-0.3, -0.25) is 4.79 Å². The summed E-state index contributed by atoms with van der Waals surface area (Å²) in [6.45, 7) is 1.95. The number of aliphatic hydroxyl groups excluding tert-OH is 1. The average Bonchev–Trinajstić information content (AvgIpc) is 2.39. The third-order valence-corrected chi connectivity index (χ3v) is 3.51. The van der Waals surface area contributed by atoms with Crippen LogP contribution in [0.5, 0.6) is 5.75 Å². The maximum atomic E-state index is 11.5. The lowest BCUT2D eigenvalue weighted by Gasteiger charge is -2.12. The lowest BCUT2D eigenvalue weighted by atomic mass is 10.2. The summed E-state index contributed by atoms with van der Waals surface area (Å²) in [5.41, 5.74) is 0. The van der Waals surface area contributed by atoms with Crippen molar-refractivity contribution in [3.8, 4) is 5.75 Å². The van der Waals surface area contributed by atoms with Crippen LogP contribution in [-0.4, -0.2) is 30.3 Å². The van der Waals surface area contributed by atoms with Gasteiger partial charge in [-0.1, -0.05) is 48.1 Å². The Balaban J connectivity index is 2.43. The van der Waals surface area contributed by atoms with Gasteiger partial charge in [-0.05, 0) is 12.5 Å². The molecule has 0 aromatic heterocycles. The maximum Gasteiger partial charge on any atom is 0.258 e. The molecule has 1 aromatic carbocycles. The fourth-order valence-corrected chi connectivity index (χ4v) is 2.07. The topological polar surface area (TPSA) is 58.6 Å². The van der Waals surface area contributed by atoms with E-state index in [1.54, 1.807) is 0 Å². The molecule has 1 rings (SSSR count). The zero-order valence-corrected chi connectivity index (χ0v) is 13.2. The summed E-state index contributed by atoms with van der Waals surface area (Å²) in [5.74, 6) is -0.0624. The maximum absolute atomic E-state index is 11.5. The Labute approximate surface area is 133 Å². The summed E-state index contributed by atoms with van der Waals surface area (Å²) in [5, 5.41) is 12.9. The normalized spacial score (nSPS) is 12.1. The molecule has 0 heterocycles. The second kappa shape index (κ2) is 8.57. The molecule has 1 aromatic rings. The summed E-state index contributed by atoms with van der Waals surface area (Å²) in [7, 11) is 0. The van der Waals surface area contributed by atoms with Gasteiger partial charge in [0.05, 0.1) is 21.2 Å². The van der Waals surface area contributed by atoms with Gasteiger partial charge in [-0.15, -0.1) is 0 Å². The van der Waals surface area contributed by atoms with E-state index in [4.69, 9.17) is 39.5 Å². The predicted octanol–water partition coefficient (Wildman–Crippen LogP) is 3.30. The molecule has 0 bridgehead atoms. The van der Waals surface area contributed by atoms with Gasteiger partial charge in [-0.2, -0.15) is 0 Å². The highest BCUT2D eigenvalue weighted by Gasteiger charge is 2.10. The molecule has 4 nitrogen and oxygen atoms in total. The van der Waals surface area contributed by atoms with E-state index < -0.39 is 6.10 Å². The molecule has 0 radical (unpaired) electrons. The number of hydrogen-bond acceptors (Lipinski definition) is 3. The van der Waals surface area contributed by atoms with Crippen molar-refractivity contribution in [3.05, 3.63) is 27.2 Å². The zero-order chi connectivity index (χ0) is 15.1. The lowest BCUT2D eigenvalue weighted by molar-refractivity contribution is -0.123. The molecule has 0 aliphatic carbocycles. The number of carbonyl (C=O) groups is 1. The van der Waals surface area contributed by atoms with Gasteiger partial charge in [0.1, 0.15) is 5.75 Å². The van der Waals surface area contributed by atoms with Gasteiger partial charge in [0, 0.05) is 12.6 Å². The van der Waals surface area contributed by atoms with E-state index in [2.05, 4.69) is 5.32 Å². The van der Waals surface area contributed by atoms with Crippen molar-refractivity contribution in [2.75, 3.05) is 13.2 Å². The fourth-order valence-electron chi connectivity index (χ4n) is 1.48. The molecular formula is C13H16Cl3NO3. The van der Waals surface area contributed by atoms with E-state index in [1.807, 2.05) is 6.92 Å². The molecule has 0 fully saturated rings. The van der Waals surface area contributed by atoms with Crippen molar-refractivity contribution < 1.29 is 14.6 Å². The van der Waals surface area contributed by atoms with Gasteiger partial charge in [0.25, 0.3) is 5.91 Å². The fraction of sp³-hybridized carbons (Fsp3) is 0.462. The van der Waals surface area contributed by atoms with Gasteiger partial charge >= 0.3 is 0 Å². The number of rotatable bonds is 7. The number of aliphatic hydroxyl groups is 1. The number of ether oxygens (including phenoxy) is 1. The number of amides is 1. The molecule has 20 heavy (non-hydrogen) atoms. The van der Waals surface area contributed by atoms with Crippen LogP contribution in [-0.2, 0) is 4.79 Å². The Morgan fingerprint density at radius 1 is 1.30 bits per heavy atom. The molecule has 0 saturated heterocycles. The van der Waals surface area contributed by atoms with Gasteiger partial charge < -0.3 is 15.2 Å². The highest BCUT2D eigenvalue weighted by atomic mass is 35.5. The summed E-state index contributed by atoms with van der Waals surface area (Å²) in [4.78, 5) is 11.5. The molecule has 0 aliphatic heterocycles. The van der Waals surface area contributed by atoms with Crippen LogP contribution in [0, 0.1) is 0 Å². The first-order valence-electron chi connectivity index (χ1n) is 6.16. The molecule has 2 N–H and O–H groups in total. The minimum absolute atomic E-state index is 0.200. The van der Waals surface area contributed by atoms with Crippen LogP contribution in [0.3, 0.4) is 0 Å². The van der Waals surface area contributed by atoms with Gasteiger partial charge in [-0.25, -0.2) is 0 Å². The SMILES string of the molecule is CCCC(O)CNC(=O)COc1cc(Cl)c(Cl)cc1Cl. The summed E-state index contributed by atoms with van der Waals surface area (Å²) in [6.07, 6.45) is 0.948. The summed E-state index contributed by atoms with van der Waals surface area (Å²) >= 11 is 17.5. The van der Waals surface area contributed by atoms with Crippen molar-refractivity contribution in [2.24, 2.45) is 0 Å². The van der Waals surface area contributed by atoms with Crippen molar-refractivity contribution in [1.29, 1.82) is 0 Å². The Hall–Kier alpha value is -0.680. The molecule has 112 valence electrons. The summed E-state index contributed by atoms with van der Waals surface area (Å²) in [6, 6.07) is 2.90. The number of hydrogen-bond donors (Lipinski definition) is 2. The first kappa shape index (κ1) is 17.4. The predicted molar refractivity (Wildman–Crippen MR) is 80.9 cm³/mol. The molecule has 7 heteroatoms. The minimum Gasteiger partial charge on any atom is -0.482 e. The van der Waals surface area contributed by atoms with Crippen LogP contribution in [0.4, 0.5) is 0 Å². The van der Waals surface area contributed by atoms with Crippen LogP contribution in [0.15, 0.2) is 12.1 Å². The smallest absolute Gasteiger partial charge is 0.258 e. The van der Waals surface area contributed by atoms with Crippen LogP contribution in [0.2, 0.25) is 15.1 Å². The van der Waals surface area contributed by atoms with E-state index >= 15 is 0 Å². The largest absolute Gasteiger partial charge is 0.482 e. The monoisotopic (exact) mass is 339 g/mol. The molecule has 1 atom stereocenters. The van der Waals surface area contributed by atoms with Crippen molar-refractivity contribution in [1.82, 2.24) is 5.32 Å². The second-order valence-electron chi connectivity index (χ2n) is 4.23. The van der Waals surface area contributed by atoms with E-state index in [9.17, 15) is 9.90 Å². The molecule has 1 unspecified atom stereocenters. The number of benzene rings is 1. The first-order chi connectivity index (χ1) is 9.43. The van der Waals surface area contributed by atoms with E-state index in [1.165, 1.54) is 12.1 Å². The van der Waals surface area contributed by atoms with Crippen molar-refractivity contribution in [3.63, 3.8) is 0 Å². The van der Waals surface area contributed by atoms with Crippen molar-refractivity contribution in [2.45, 2.75) is 25.9 Å². The van der Waals surface area contributed by atoms with Crippen molar-refractivity contribution >= 4 is 40.7 Å². The number of halogens is 3. The molecule has 0 saturated carbocycles. The number of carbonyl (C=O) groups excluding carboxylic acids is 1. The molecule has 0 spiro atoms. The van der Waals surface area contributed by atoms with E-state index in [0.717, 1.165) is 6.42 Å². The van der Waals surface area contributed by atoms with Crippen LogP contribution in [0.25, 0.3) is 0 Å². The van der Waals surface area contributed by atoms with Gasteiger partial charge in [0.2, 0.25) is 0 Å². The first-order valence-corrected chi connectivity index (χ1v) is 7.29. The van der Waals surface area contributed by atoms with E-state index in [-0.39, 0.29) is 29.8 Å². The Kier molecular flexibility index (Phi) is 7.45. The van der Waals surface area contributed by atoms with E-state index in [0.29, 0.717) is 16.5 Å². The second-order valence-corrected chi connectivity index (χ2v) is 5.45. The standard InChI is InChI=1S/C13H16Cl3NO3/c1-2-3-8(18)6-17-13(19)7-20-12-5-10(15)9(14)4-11(12)16/h4-5,8,18H,2-3,6-7H2,1H3,(H,17,19). The molecule has 1 amide bonds. The Morgan fingerprint density at radius 2 is 1.95 bits per heavy atom. The van der Waals surface area contributed by atoms with Crippen LogP contribution < -0.4 is 10.1 Å². The van der Waals surface area contributed by atoms with Crippen LogP contribution in [0.1, 0.15) is 19.8 Å². The lowest BCUT2D eigenvalue weighted by Crippen LogP contribution is -2.35. The van der Waals surface area contributed by atoms with Gasteiger partial charge in [0.15, 0.2) is 6.61 Å². The third-order valence-electron chi connectivity index (χ3n) is 2.49. The summed E-state index contributed by atoms with van der Waals surface area (Å²) < 4.78 is 5.26. The Morgan fingerprint density at radius 3 is 2.60 bits per heavy atom. The highest BCUT2D eigenvalue weighted by Crippen LogP contribution is 2.33. The zero-order valence-electron chi connectivity index (χ0n) is 11.0. The molecule has 0 aliphatic rings. The quantitative estimate of drug-likeness (QED) is 0.749. The molecular weight excluding hydrogens is 325 g/mol. The van der Waals surface area contributed by atoms with Crippen LogP contribution >= 0.6 is 34.8 Å². The Bertz CT molecular complexity index is 468. The minimum atomic E-state index is -0.544.